The highest BCUT2D eigenvalue weighted by Gasteiger charge is 2.28. The second kappa shape index (κ2) is 8.62. The number of aromatic nitrogens is 1. The first-order valence-corrected chi connectivity index (χ1v) is 10.2. The van der Waals surface area contributed by atoms with Gasteiger partial charge in [-0.1, -0.05) is 35.9 Å². The Balaban J connectivity index is 1.62. The van der Waals surface area contributed by atoms with E-state index in [0.29, 0.717) is 5.15 Å². The SMILES string of the molecule is COc1cc2c(cc1OC)C(Cc1ccc(-c3cccnc3Cl)cc1)N(Cl)CC2. The molecular formula is C23H22Cl2N2O2. The van der Waals surface area contributed by atoms with Crippen LogP contribution in [-0.4, -0.2) is 30.2 Å². The summed E-state index contributed by atoms with van der Waals surface area (Å²) in [6, 6.07) is 16.5. The van der Waals surface area contributed by atoms with Gasteiger partial charge in [0, 0.05) is 18.3 Å². The van der Waals surface area contributed by atoms with Gasteiger partial charge in [-0.2, -0.15) is 0 Å². The zero-order valence-corrected chi connectivity index (χ0v) is 17.9. The monoisotopic (exact) mass is 428 g/mol. The lowest BCUT2D eigenvalue weighted by atomic mass is 9.89. The molecule has 0 fully saturated rings. The van der Waals surface area contributed by atoms with Crippen molar-refractivity contribution in [2.45, 2.75) is 18.9 Å². The van der Waals surface area contributed by atoms with Crippen molar-refractivity contribution in [2.24, 2.45) is 0 Å². The fraction of sp³-hybridized carbons (Fsp3) is 0.261. The molecule has 0 amide bonds. The maximum Gasteiger partial charge on any atom is 0.161 e. The highest BCUT2D eigenvalue weighted by molar-refractivity contribution is 6.32. The molecular weight excluding hydrogens is 407 g/mol. The molecule has 0 radical (unpaired) electrons. The lowest BCUT2D eigenvalue weighted by Crippen LogP contribution is -2.29. The van der Waals surface area contributed by atoms with Crippen LogP contribution >= 0.6 is 23.4 Å². The van der Waals surface area contributed by atoms with Crippen molar-refractivity contribution in [3.8, 4) is 22.6 Å². The largest absolute Gasteiger partial charge is 0.493 e. The summed E-state index contributed by atoms with van der Waals surface area (Å²) in [6.45, 7) is 0.790. The van der Waals surface area contributed by atoms with Crippen molar-refractivity contribution < 1.29 is 9.47 Å². The summed E-state index contributed by atoms with van der Waals surface area (Å²) in [6.07, 6.45) is 3.38. The van der Waals surface area contributed by atoms with Gasteiger partial charge in [0.25, 0.3) is 0 Å². The fourth-order valence-corrected chi connectivity index (χ4v) is 4.34. The highest BCUT2D eigenvalue weighted by Crippen LogP contribution is 2.40. The van der Waals surface area contributed by atoms with Gasteiger partial charge in [-0.15, -0.1) is 0 Å². The van der Waals surface area contributed by atoms with Crippen LogP contribution in [0.15, 0.2) is 54.7 Å². The van der Waals surface area contributed by atoms with E-state index >= 15 is 0 Å². The number of methoxy groups -OCH3 is 2. The summed E-state index contributed by atoms with van der Waals surface area (Å²) in [5.74, 6) is 1.48. The molecule has 1 aromatic heterocycles. The number of benzene rings is 2. The van der Waals surface area contributed by atoms with E-state index in [0.717, 1.165) is 42.0 Å². The van der Waals surface area contributed by atoms with E-state index < -0.39 is 0 Å². The molecule has 0 spiro atoms. The van der Waals surface area contributed by atoms with Crippen LogP contribution in [-0.2, 0) is 12.8 Å². The van der Waals surface area contributed by atoms with Gasteiger partial charge in [0.05, 0.1) is 20.3 Å². The quantitative estimate of drug-likeness (QED) is 0.384. The van der Waals surface area contributed by atoms with Crippen molar-refractivity contribution in [1.29, 1.82) is 0 Å². The second-order valence-electron chi connectivity index (χ2n) is 7.04. The number of ether oxygens (including phenoxy) is 2. The zero-order valence-electron chi connectivity index (χ0n) is 16.4. The normalized spacial score (nSPS) is 16.3. The summed E-state index contributed by atoms with van der Waals surface area (Å²) < 4.78 is 12.9. The Morgan fingerprint density at radius 1 is 1.07 bits per heavy atom. The molecule has 4 rings (SSSR count). The summed E-state index contributed by atoms with van der Waals surface area (Å²) in [4.78, 5) is 4.16. The van der Waals surface area contributed by atoms with Crippen molar-refractivity contribution in [3.63, 3.8) is 0 Å². The minimum absolute atomic E-state index is 0.0630. The van der Waals surface area contributed by atoms with Crippen molar-refractivity contribution in [3.05, 3.63) is 76.6 Å². The van der Waals surface area contributed by atoms with Crippen LogP contribution < -0.4 is 9.47 Å². The summed E-state index contributed by atoms with van der Waals surface area (Å²) in [5, 5.41) is 0.509. The van der Waals surface area contributed by atoms with Gasteiger partial charge < -0.3 is 9.47 Å². The number of fused-ring (bicyclic) bond motifs is 1. The number of hydrogen-bond acceptors (Lipinski definition) is 4. The van der Waals surface area contributed by atoms with Crippen LogP contribution in [0.2, 0.25) is 5.15 Å². The first-order valence-electron chi connectivity index (χ1n) is 9.47. The van der Waals surface area contributed by atoms with Crippen LogP contribution in [0.3, 0.4) is 0 Å². The van der Waals surface area contributed by atoms with E-state index in [4.69, 9.17) is 32.9 Å². The first-order chi connectivity index (χ1) is 14.1. The number of nitrogens with zero attached hydrogens (tertiary/aromatic N) is 2. The maximum absolute atomic E-state index is 6.61. The minimum Gasteiger partial charge on any atom is -0.493 e. The van der Waals surface area contributed by atoms with Crippen molar-refractivity contribution in [2.75, 3.05) is 20.8 Å². The van der Waals surface area contributed by atoms with Gasteiger partial charge in [0.2, 0.25) is 0 Å². The van der Waals surface area contributed by atoms with Crippen LogP contribution in [0, 0.1) is 0 Å². The summed E-state index contributed by atoms with van der Waals surface area (Å²) >= 11 is 12.8. The van der Waals surface area contributed by atoms with Gasteiger partial charge in [0.1, 0.15) is 5.15 Å². The molecule has 0 bridgehead atoms. The molecule has 0 N–H and O–H groups in total. The number of rotatable bonds is 5. The van der Waals surface area contributed by atoms with E-state index in [9.17, 15) is 0 Å². The minimum atomic E-state index is 0.0630. The Labute approximate surface area is 181 Å². The molecule has 0 saturated heterocycles. The molecule has 29 heavy (non-hydrogen) atoms. The third-order valence-corrected chi connectivity index (χ3v) is 6.10. The Bertz CT molecular complexity index is 1010. The molecule has 3 aromatic rings. The predicted molar refractivity (Wildman–Crippen MR) is 117 cm³/mol. The molecule has 2 aromatic carbocycles. The van der Waals surface area contributed by atoms with Crippen LogP contribution in [0.1, 0.15) is 22.7 Å². The molecule has 4 nitrogen and oxygen atoms in total. The smallest absolute Gasteiger partial charge is 0.161 e. The standard InChI is InChI=1S/C23H22Cl2N2O2/c1-28-21-13-17-9-11-27(25)20(19(17)14-22(21)29-2)12-15-5-7-16(8-6-15)18-4-3-10-26-23(18)24/h3-8,10,13-14,20H,9,11-12H2,1-2H3. The Kier molecular flexibility index (Phi) is 5.95. The topological polar surface area (TPSA) is 34.6 Å². The Morgan fingerprint density at radius 3 is 2.48 bits per heavy atom. The average Bonchev–Trinajstić information content (AvgIpc) is 2.75. The number of hydrogen-bond donors (Lipinski definition) is 0. The highest BCUT2D eigenvalue weighted by atomic mass is 35.5. The Hall–Kier alpha value is -2.27. The third-order valence-electron chi connectivity index (χ3n) is 5.39. The molecule has 0 aliphatic carbocycles. The molecule has 1 atom stereocenters. The number of pyridine rings is 1. The summed E-state index contributed by atoms with van der Waals surface area (Å²) in [5.41, 5.74) is 5.61. The van der Waals surface area contributed by atoms with Crippen LogP contribution in [0.5, 0.6) is 11.5 Å². The molecule has 1 unspecified atom stereocenters. The molecule has 1 aliphatic rings. The third kappa shape index (κ3) is 4.06. The van der Waals surface area contributed by atoms with Crippen LogP contribution in [0.25, 0.3) is 11.1 Å². The molecule has 2 heterocycles. The first kappa shape index (κ1) is 20.0. The fourth-order valence-electron chi connectivity index (χ4n) is 3.85. The van der Waals surface area contributed by atoms with E-state index in [1.165, 1.54) is 16.7 Å². The average molecular weight is 429 g/mol. The summed E-state index contributed by atoms with van der Waals surface area (Å²) in [7, 11) is 3.32. The van der Waals surface area contributed by atoms with Gasteiger partial charge in [-0.3, -0.25) is 0 Å². The van der Waals surface area contributed by atoms with Crippen molar-refractivity contribution in [1.82, 2.24) is 9.40 Å². The predicted octanol–water partition coefficient (Wildman–Crippen LogP) is 5.71. The van der Waals surface area contributed by atoms with Gasteiger partial charge >= 0.3 is 0 Å². The lowest BCUT2D eigenvalue weighted by Gasteiger charge is -2.33. The van der Waals surface area contributed by atoms with E-state index in [1.54, 1.807) is 20.4 Å². The number of halogens is 2. The molecule has 1 aliphatic heterocycles. The van der Waals surface area contributed by atoms with E-state index in [2.05, 4.69) is 41.4 Å². The molecule has 6 heteroatoms. The van der Waals surface area contributed by atoms with Gasteiger partial charge in [-0.25, -0.2) is 9.40 Å². The second-order valence-corrected chi connectivity index (χ2v) is 7.83. The lowest BCUT2D eigenvalue weighted by molar-refractivity contribution is 0.316. The maximum atomic E-state index is 6.61. The van der Waals surface area contributed by atoms with Gasteiger partial charge in [0.15, 0.2) is 11.5 Å². The van der Waals surface area contributed by atoms with E-state index in [-0.39, 0.29) is 6.04 Å². The van der Waals surface area contributed by atoms with Gasteiger partial charge in [-0.05, 0) is 71.1 Å². The molecule has 0 saturated carbocycles. The van der Waals surface area contributed by atoms with Crippen molar-refractivity contribution >= 4 is 23.4 Å². The zero-order chi connectivity index (χ0) is 20.4. The van der Waals surface area contributed by atoms with E-state index in [1.807, 2.05) is 16.6 Å². The van der Waals surface area contributed by atoms with Crippen LogP contribution in [0.4, 0.5) is 0 Å². The Morgan fingerprint density at radius 2 is 1.79 bits per heavy atom. The molecule has 150 valence electrons.